The summed E-state index contributed by atoms with van der Waals surface area (Å²) in [7, 11) is 0. The van der Waals surface area contributed by atoms with E-state index in [2.05, 4.69) is 26.1 Å². The molecule has 1 amide bonds. The van der Waals surface area contributed by atoms with Crippen molar-refractivity contribution in [3.63, 3.8) is 0 Å². The Balaban J connectivity index is 2.46. The molecule has 0 aromatic carbocycles. The van der Waals surface area contributed by atoms with Gasteiger partial charge in [-0.2, -0.15) is 0 Å². The summed E-state index contributed by atoms with van der Waals surface area (Å²) in [6, 6.07) is 0.782. The lowest BCUT2D eigenvalue weighted by Gasteiger charge is -2.33. The fourth-order valence-electron chi connectivity index (χ4n) is 2.81. The van der Waals surface area contributed by atoms with E-state index in [0.29, 0.717) is 18.0 Å². The quantitative estimate of drug-likeness (QED) is 0.754. The van der Waals surface area contributed by atoms with E-state index in [1.54, 1.807) is 0 Å². The Morgan fingerprint density at radius 2 is 1.94 bits per heavy atom. The predicted octanol–water partition coefficient (Wildman–Crippen LogP) is 2.05. The van der Waals surface area contributed by atoms with Crippen LogP contribution in [0.15, 0.2) is 0 Å². The molecule has 16 heavy (non-hydrogen) atoms. The summed E-state index contributed by atoms with van der Waals surface area (Å²) < 4.78 is 0. The van der Waals surface area contributed by atoms with Crippen molar-refractivity contribution in [2.75, 3.05) is 0 Å². The number of hydrogen-bond acceptors (Lipinski definition) is 2. The van der Waals surface area contributed by atoms with Crippen molar-refractivity contribution in [1.82, 2.24) is 5.32 Å². The van der Waals surface area contributed by atoms with Crippen molar-refractivity contribution in [2.24, 2.45) is 17.6 Å². The van der Waals surface area contributed by atoms with Crippen LogP contribution in [0.1, 0.15) is 52.9 Å². The molecule has 0 saturated heterocycles. The number of amides is 1. The number of carbonyl (C=O) groups is 1. The summed E-state index contributed by atoms with van der Waals surface area (Å²) in [5.74, 6) is 0.607. The highest BCUT2D eigenvalue weighted by atomic mass is 16.1. The van der Waals surface area contributed by atoms with Gasteiger partial charge in [0.25, 0.3) is 0 Å². The standard InChI is InChI=1S/C13H26N2O/c1-9(2)8-10(3)15-12-7-5-4-6-11(12)13(14)16/h9-12,15H,4-8H2,1-3H3,(H2,14,16). The Morgan fingerprint density at radius 1 is 1.31 bits per heavy atom. The normalized spacial score (nSPS) is 28.0. The highest BCUT2D eigenvalue weighted by molar-refractivity contribution is 5.77. The molecule has 0 bridgehead atoms. The summed E-state index contributed by atoms with van der Waals surface area (Å²) in [6.45, 7) is 6.65. The third kappa shape index (κ3) is 4.12. The molecular formula is C13H26N2O. The summed E-state index contributed by atoms with van der Waals surface area (Å²) in [5.41, 5.74) is 5.46. The van der Waals surface area contributed by atoms with Crippen LogP contribution < -0.4 is 11.1 Å². The van der Waals surface area contributed by atoms with Crippen LogP contribution in [0.2, 0.25) is 0 Å². The second-order valence-corrected chi connectivity index (χ2v) is 5.60. The lowest BCUT2D eigenvalue weighted by atomic mass is 9.83. The van der Waals surface area contributed by atoms with Gasteiger partial charge in [-0.3, -0.25) is 4.79 Å². The van der Waals surface area contributed by atoms with Crippen molar-refractivity contribution in [2.45, 2.75) is 65.0 Å². The topological polar surface area (TPSA) is 55.1 Å². The van der Waals surface area contributed by atoms with Crippen molar-refractivity contribution in [3.05, 3.63) is 0 Å². The first kappa shape index (κ1) is 13.5. The summed E-state index contributed by atoms with van der Waals surface area (Å²) in [4.78, 5) is 11.4. The van der Waals surface area contributed by atoms with Gasteiger partial charge in [0, 0.05) is 12.1 Å². The fraction of sp³-hybridized carbons (Fsp3) is 0.923. The second kappa shape index (κ2) is 6.24. The maximum Gasteiger partial charge on any atom is 0.222 e. The number of nitrogens with one attached hydrogen (secondary N) is 1. The Kier molecular flexibility index (Phi) is 5.26. The van der Waals surface area contributed by atoms with E-state index in [1.807, 2.05) is 0 Å². The van der Waals surface area contributed by atoms with Crippen LogP contribution in [-0.2, 0) is 4.79 Å². The van der Waals surface area contributed by atoms with E-state index >= 15 is 0 Å². The lowest BCUT2D eigenvalue weighted by molar-refractivity contribution is -0.123. The Labute approximate surface area is 99.2 Å². The van der Waals surface area contributed by atoms with E-state index < -0.39 is 0 Å². The molecule has 0 radical (unpaired) electrons. The average molecular weight is 226 g/mol. The third-order valence-electron chi connectivity index (χ3n) is 3.45. The van der Waals surface area contributed by atoms with E-state index in [-0.39, 0.29) is 11.8 Å². The molecule has 1 aliphatic rings. The molecule has 3 N–H and O–H groups in total. The van der Waals surface area contributed by atoms with Crippen molar-refractivity contribution in [1.29, 1.82) is 0 Å². The van der Waals surface area contributed by atoms with E-state index in [4.69, 9.17) is 5.73 Å². The zero-order chi connectivity index (χ0) is 12.1. The number of nitrogens with two attached hydrogens (primary N) is 1. The Hall–Kier alpha value is -0.570. The molecule has 3 nitrogen and oxygen atoms in total. The molecular weight excluding hydrogens is 200 g/mol. The number of carbonyl (C=O) groups excluding carboxylic acids is 1. The fourth-order valence-corrected chi connectivity index (χ4v) is 2.81. The van der Waals surface area contributed by atoms with Crippen LogP contribution in [-0.4, -0.2) is 18.0 Å². The van der Waals surface area contributed by atoms with Gasteiger partial charge < -0.3 is 11.1 Å². The minimum absolute atomic E-state index is 0.0448. The molecule has 94 valence electrons. The van der Waals surface area contributed by atoms with Crippen molar-refractivity contribution in [3.8, 4) is 0 Å². The molecule has 0 heterocycles. The van der Waals surface area contributed by atoms with Gasteiger partial charge in [-0.25, -0.2) is 0 Å². The van der Waals surface area contributed by atoms with Gasteiger partial charge in [0.1, 0.15) is 0 Å². The smallest absolute Gasteiger partial charge is 0.222 e. The molecule has 0 aliphatic heterocycles. The summed E-state index contributed by atoms with van der Waals surface area (Å²) in [5, 5.41) is 3.58. The van der Waals surface area contributed by atoms with Crippen LogP contribution in [0, 0.1) is 11.8 Å². The highest BCUT2D eigenvalue weighted by Crippen LogP contribution is 2.25. The first-order chi connectivity index (χ1) is 7.50. The van der Waals surface area contributed by atoms with Crippen molar-refractivity contribution >= 4 is 5.91 Å². The molecule has 1 saturated carbocycles. The predicted molar refractivity (Wildman–Crippen MR) is 67.0 cm³/mol. The number of hydrogen-bond donors (Lipinski definition) is 2. The molecule has 1 rings (SSSR count). The van der Waals surface area contributed by atoms with Crippen LogP contribution in [0.5, 0.6) is 0 Å². The molecule has 0 aromatic rings. The maximum absolute atomic E-state index is 11.4. The number of rotatable bonds is 5. The Bertz CT molecular complexity index is 228. The average Bonchev–Trinajstić information content (AvgIpc) is 2.16. The van der Waals surface area contributed by atoms with E-state index in [0.717, 1.165) is 25.7 Å². The SMILES string of the molecule is CC(C)CC(C)NC1CCCCC1C(N)=O. The van der Waals surface area contributed by atoms with Gasteiger partial charge in [-0.05, 0) is 32.1 Å². The maximum atomic E-state index is 11.4. The van der Waals surface area contributed by atoms with Gasteiger partial charge in [0.15, 0.2) is 0 Å². The molecule has 0 aromatic heterocycles. The highest BCUT2D eigenvalue weighted by Gasteiger charge is 2.29. The molecule has 3 heteroatoms. The molecule has 1 fully saturated rings. The van der Waals surface area contributed by atoms with Crippen LogP contribution in [0.25, 0.3) is 0 Å². The molecule has 0 spiro atoms. The molecule has 3 atom stereocenters. The van der Waals surface area contributed by atoms with Crippen LogP contribution >= 0.6 is 0 Å². The third-order valence-corrected chi connectivity index (χ3v) is 3.45. The van der Waals surface area contributed by atoms with Gasteiger partial charge in [0.05, 0.1) is 5.92 Å². The van der Waals surface area contributed by atoms with Crippen LogP contribution in [0.3, 0.4) is 0 Å². The summed E-state index contributed by atoms with van der Waals surface area (Å²) >= 11 is 0. The van der Waals surface area contributed by atoms with Gasteiger partial charge in [0.2, 0.25) is 5.91 Å². The first-order valence-corrected chi connectivity index (χ1v) is 6.56. The van der Waals surface area contributed by atoms with Crippen molar-refractivity contribution < 1.29 is 4.79 Å². The largest absolute Gasteiger partial charge is 0.369 e. The summed E-state index contributed by atoms with van der Waals surface area (Å²) in [6.07, 6.45) is 5.57. The molecule has 3 unspecified atom stereocenters. The monoisotopic (exact) mass is 226 g/mol. The minimum atomic E-state index is -0.131. The zero-order valence-corrected chi connectivity index (χ0v) is 10.8. The Morgan fingerprint density at radius 3 is 2.50 bits per heavy atom. The van der Waals surface area contributed by atoms with E-state index in [1.165, 1.54) is 6.42 Å². The van der Waals surface area contributed by atoms with Gasteiger partial charge in [-0.1, -0.05) is 26.7 Å². The van der Waals surface area contributed by atoms with Gasteiger partial charge in [-0.15, -0.1) is 0 Å². The minimum Gasteiger partial charge on any atom is -0.369 e. The second-order valence-electron chi connectivity index (χ2n) is 5.60. The molecule has 1 aliphatic carbocycles. The number of primary amides is 1. The van der Waals surface area contributed by atoms with E-state index in [9.17, 15) is 4.79 Å². The van der Waals surface area contributed by atoms with Gasteiger partial charge >= 0.3 is 0 Å². The van der Waals surface area contributed by atoms with Crippen LogP contribution in [0.4, 0.5) is 0 Å². The first-order valence-electron chi connectivity index (χ1n) is 6.56. The lowest BCUT2D eigenvalue weighted by Crippen LogP contribution is -2.48. The zero-order valence-electron chi connectivity index (χ0n) is 10.8.